The third kappa shape index (κ3) is 2.86. The van der Waals surface area contributed by atoms with Gasteiger partial charge in [-0.15, -0.1) is 11.3 Å². The molecule has 1 aliphatic rings. The maximum Gasteiger partial charge on any atom is 0.230 e. The number of thiophene rings is 1. The third-order valence-electron chi connectivity index (χ3n) is 2.74. The second-order valence-corrected chi connectivity index (χ2v) is 4.97. The zero-order valence-corrected chi connectivity index (χ0v) is 9.91. The Kier molecular flexibility index (Phi) is 4.01. The van der Waals surface area contributed by atoms with Crippen molar-refractivity contribution in [3.63, 3.8) is 0 Å². The minimum absolute atomic E-state index is 0.0240. The Morgan fingerprint density at radius 2 is 2.50 bits per heavy atom. The molecular weight excluding hydrogens is 221 g/mol. The van der Waals surface area contributed by atoms with Crippen molar-refractivity contribution in [2.24, 2.45) is 0 Å². The molecule has 1 aromatic heterocycles. The number of hydrogen-bond acceptors (Lipinski definition) is 3. The summed E-state index contributed by atoms with van der Waals surface area (Å²) in [6, 6.07) is 4.08. The standard InChI is InChI=1S/C11H14BNO2S/c12-13-9(3-1-5-11(13)14)7-15-8-10-4-2-6-16-10/h2,4,6,9H,1,3,5,7-8H2. The lowest BCUT2D eigenvalue weighted by molar-refractivity contribution is -0.131. The van der Waals surface area contributed by atoms with Crippen molar-refractivity contribution in [1.29, 1.82) is 0 Å². The Hall–Kier alpha value is -0.805. The van der Waals surface area contributed by atoms with Gasteiger partial charge in [0.2, 0.25) is 13.9 Å². The van der Waals surface area contributed by atoms with Gasteiger partial charge in [-0.25, -0.2) is 0 Å². The van der Waals surface area contributed by atoms with E-state index in [1.807, 2.05) is 17.5 Å². The third-order valence-corrected chi connectivity index (χ3v) is 3.59. The fourth-order valence-electron chi connectivity index (χ4n) is 1.81. The van der Waals surface area contributed by atoms with Crippen LogP contribution in [0, 0.1) is 0 Å². The summed E-state index contributed by atoms with van der Waals surface area (Å²) in [5.41, 5.74) is 0. The molecule has 0 spiro atoms. The van der Waals surface area contributed by atoms with E-state index in [9.17, 15) is 4.79 Å². The minimum Gasteiger partial charge on any atom is -0.392 e. The zero-order chi connectivity index (χ0) is 11.4. The molecule has 2 radical (unpaired) electrons. The SMILES string of the molecule is [B]N1C(=O)CCCC1COCc1cccs1. The van der Waals surface area contributed by atoms with E-state index in [2.05, 4.69) is 0 Å². The molecule has 5 heteroatoms. The van der Waals surface area contributed by atoms with Crippen LogP contribution in [0.1, 0.15) is 24.1 Å². The van der Waals surface area contributed by atoms with Crippen LogP contribution in [0.4, 0.5) is 0 Å². The Morgan fingerprint density at radius 3 is 3.25 bits per heavy atom. The van der Waals surface area contributed by atoms with Gasteiger partial charge in [0.25, 0.3) is 0 Å². The Morgan fingerprint density at radius 1 is 1.62 bits per heavy atom. The highest BCUT2D eigenvalue weighted by Gasteiger charge is 2.23. The molecule has 84 valence electrons. The highest BCUT2D eigenvalue weighted by Crippen LogP contribution is 2.17. The van der Waals surface area contributed by atoms with Crippen LogP contribution in [0.5, 0.6) is 0 Å². The summed E-state index contributed by atoms with van der Waals surface area (Å²) in [7, 11) is 5.69. The lowest BCUT2D eigenvalue weighted by atomic mass is 9.98. The molecule has 3 nitrogen and oxygen atoms in total. The Bertz CT molecular complexity index is 342. The average molecular weight is 235 g/mol. The molecule has 1 aliphatic heterocycles. The average Bonchev–Trinajstić information content (AvgIpc) is 2.77. The lowest BCUT2D eigenvalue weighted by Crippen LogP contribution is -2.44. The smallest absolute Gasteiger partial charge is 0.230 e. The first-order chi connectivity index (χ1) is 7.77. The topological polar surface area (TPSA) is 29.5 Å². The van der Waals surface area contributed by atoms with Crippen molar-refractivity contribution in [1.82, 2.24) is 4.81 Å². The number of amides is 1. The molecular formula is C11H14BNO2S. The van der Waals surface area contributed by atoms with Gasteiger partial charge in [0.05, 0.1) is 13.2 Å². The second-order valence-electron chi connectivity index (χ2n) is 3.94. The first kappa shape index (κ1) is 11.7. The van der Waals surface area contributed by atoms with Gasteiger partial charge in [0.1, 0.15) is 0 Å². The fourth-order valence-corrected chi connectivity index (χ4v) is 2.46. The van der Waals surface area contributed by atoms with E-state index in [1.165, 1.54) is 9.69 Å². The van der Waals surface area contributed by atoms with Gasteiger partial charge < -0.3 is 9.55 Å². The highest BCUT2D eigenvalue weighted by molar-refractivity contribution is 7.09. The summed E-state index contributed by atoms with van der Waals surface area (Å²) in [6.07, 6.45) is 2.42. The quantitative estimate of drug-likeness (QED) is 0.744. The van der Waals surface area contributed by atoms with Gasteiger partial charge in [0, 0.05) is 17.3 Å². The summed E-state index contributed by atoms with van der Waals surface area (Å²) in [5, 5.41) is 2.03. The maximum absolute atomic E-state index is 11.3. The predicted octanol–water partition coefficient (Wildman–Crippen LogP) is 1.73. The van der Waals surface area contributed by atoms with Crippen LogP contribution in [-0.2, 0) is 16.1 Å². The van der Waals surface area contributed by atoms with Crippen molar-refractivity contribution in [3.8, 4) is 0 Å². The minimum atomic E-state index is 0.0240. The van der Waals surface area contributed by atoms with Crippen molar-refractivity contribution in [2.75, 3.05) is 6.61 Å². The van der Waals surface area contributed by atoms with Crippen LogP contribution in [0.15, 0.2) is 17.5 Å². The number of rotatable bonds is 4. The summed E-state index contributed by atoms with van der Waals surface area (Å²) in [4.78, 5) is 13.9. The molecule has 0 N–H and O–H groups in total. The second kappa shape index (κ2) is 5.50. The van der Waals surface area contributed by atoms with Gasteiger partial charge in [-0.3, -0.25) is 4.79 Å². The molecule has 1 atom stereocenters. The Balaban J connectivity index is 1.75. The first-order valence-corrected chi connectivity index (χ1v) is 6.32. The van der Waals surface area contributed by atoms with Gasteiger partial charge in [-0.2, -0.15) is 0 Å². The number of hydrogen-bond donors (Lipinski definition) is 0. The number of ether oxygens (including phenoxy) is 1. The molecule has 2 heterocycles. The largest absolute Gasteiger partial charge is 0.392 e. The molecule has 1 fully saturated rings. The van der Waals surface area contributed by atoms with Crippen LogP contribution in [-0.4, -0.2) is 31.3 Å². The maximum atomic E-state index is 11.3. The summed E-state index contributed by atoms with van der Waals surface area (Å²) in [6.45, 7) is 1.14. The zero-order valence-electron chi connectivity index (χ0n) is 9.09. The summed E-state index contributed by atoms with van der Waals surface area (Å²) in [5.74, 6) is 0.0240. The van der Waals surface area contributed by atoms with Gasteiger partial charge >= 0.3 is 0 Å². The van der Waals surface area contributed by atoms with E-state index < -0.39 is 0 Å². The molecule has 0 aliphatic carbocycles. The van der Waals surface area contributed by atoms with Gasteiger partial charge in [-0.05, 0) is 24.3 Å². The molecule has 1 unspecified atom stereocenters. The van der Waals surface area contributed by atoms with E-state index in [1.54, 1.807) is 11.3 Å². The van der Waals surface area contributed by atoms with E-state index >= 15 is 0 Å². The van der Waals surface area contributed by atoms with Crippen LogP contribution in [0.25, 0.3) is 0 Å². The number of piperidine rings is 1. The summed E-state index contributed by atoms with van der Waals surface area (Å²) < 4.78 is 5.57. The Labute approximate surface area is 101 Å². The van der Waals surface area contributed by atoms with Crippen LogP contribution in [0.3, 0.4) is 0 Å². The fraction of sp³-hybridized carbons (Fsp3) is 0.545. The van der Waals surface area contributed by atoms with Crippen molar-refractivity contribution < 1.29 is 9.53 Å². The van der Waals surface area contributed by atoms with E-state index in [-0.39, 0.29) is 11.9 Å². The van der Waals surface area contributed by atoms with Gasteiger partial charge in [-0.1, -0.05) is 6.07 Å². The molecule has 1 amide bonds. The van der Waals surface area contributed by atoms with Crippen LogP contribution in [0.2, 0.25) is 0 Å². The monoisotopic (exact) mass is 235 g/mol. The predicted molar refractivity (Wildman–Crippen MR) is 64.2 cm³/mol. The molecule has 0 bridgehead atoms. The van der Waals surface area contributed by atoms with Crippen molar-refractivity contribution in [3.05, 3.63) is 22.4 Å². The van der Waals surface area contributed by atoms with Crippen LogP contribution >= 0.6 is 11.3 Å². The molecule has 16 heavy (non-hydrogen) atoms. The number of carbonyl (C=O) groups excluding carboxylic acids is 1. The van der Waals surface area contributed by atoms with Crippen molar-refractivity contribution >= 4 is 25.2 Å². The van der Waals surface area contributed by atoms with Crippen molar-refractivity contribution in [2.45, 2.75) is 31.9 Å². The molecule has 0 saturated carbocycles. The van der Waals surface area contributed by atoms with Gasteiger partial charge in [0.15, 0.2) is 0 Å². The highest BCUT2D eigenvalue weighted by atomic mass is 32.1. The van der Waals surface area contributed by atoms with E-state index in [4.69, 9.17) is 12.7 Å². The van der Waals surface area contributed by atoms with E-state index in [0.29, 0.717) is 19.6 Å². The van der Waals surface area contributed by atoms with E-state index in [0.717, 1.165) is 12.8 Å². The molecule has 0 aromatic carbocycles. The number of nitrogens with zero attached hydrogens (tertiary/aromatic N) is 1. The summed E-state index contributed by atoms with van der Waals surface area (Å²) >= 11 is 1.67. The number of carbonyl (C=O) groups is 1. The molecule has 1 saturated heterocycles. The molecule has 2 rings (SSSR count). The molecule has 1 aromatic rings. The van der Waals surface area contributed by atoms with Crippen LogP contribution < -0.4 is 0 Å². The lowest BCUT2D eigenvalue weighted by Gasteiger charge is -2.32. The normalized spacial score (nSPS) is 21.4. The first-order valence-electron chi connectivity index (χ1n) is 5.44.